The summed E-state index contributed by atoms with van der Waals surface area (Å²) in [4.78, 5) is 22.7. The molecule has 3 N–H and O–H groups in total. The number of nitrogens with two attached hydrogens (primary N) is 1. The van der Waals surface area contributed by atoms with Gasteiger partial charge in [-0.2, -0.15) is 0 Å². The van der Waals surface area contributed by atoms with Gasteiger partial charge in [-0.25, -0.2) is 0 Å². The number of carbonyl (C=O) groups is 1. The zero-order valence-electron chi connectivity index (χ0n) is 12.2. The van der Waals surface area contributed by atoms with E-state index in [4.69, 9.17) is 5.73 Å². The van der Waals surface area contributed by atoms with Crippen molar-refractivity contribution in [2.45, 2.75) is 38.6 Å². The highest BCUT2D eigenvalue weighted by Crippen LogP contribution is 2.27. The van der Waals surface area contributed by atoms with E-state index in [9.17, 15) is 14.9 Å². The lowest BCUT2D eigenvalue weighted by atomic mass is 9.97. The van der Waals surface area contributed by atoms with Crippen molar-refractivity contribution in [1.82, 2.24) is 5.32 Å². The van der Waals surface area contributed by atoms with Crippen LogP contribution in [0.4, 0.5) is 5.69 Å². The molecule has 2 rings (SSSR count). The number of nitro benzene ring substituents is 1. The molecule has 1 atom stereocenters. The summed E-state index contributed by atoms with van der Waals surface area (Å²) in [5.74, 6) is 0.128. The molecule has 0 spiro atoms. The predicted octanol–water partition coefficient (Wildman–Crippen LogP) is 2.15. The number of nitrogens with zero attached hydrogens (tertiary/aromatic N) is 1. The van der Waals surface area contributed by atoms with Crippen LogP contribution in [0, 0.1) is 23.0 Å². The minimum Gasteiger partial charge on any atom is -0.348 e. The van der Waals surface area contributed by atoms with Gasteiger partial charge >= 0.3 is 0 Å². The van der Waals surface area contributed by atoms with Gasteiger partial charge in [0, 0.05) is 30.3 Å². The van der Waals surface area contributed by atoms with Crippen molar-refractivity contribution < 1.29 is 9.72 Å². The highest BCUT2D eigenvalue weighted by Gasteiger charge is 2.26. The van der Waals surface area contributed by atoms with E-state index in [1.807, 2.05) is 0 Å². The molecule has 0 saturated heterocycles. The van der Waals surface area contributed by atoms with Crippen LogP contribution in [0.25, 0.3) is 0 Å². The Balaban J connectivity index is 2.13. The number of carbonyl (C=O) groups excluding carboxylic acids is 1. The summed E-state index contributed by atoms with van der Waals surface area (Å²) in [6, 6.07) is 4.36. The highest BCUT2D eigenvalue weighted by molar-refractivity contribution is 5.95. The summed E-state index contributed by atoms with van der Waals surface area (Å²) in [6.07, 6.45) is 4.51. The molecule has 1 aromatic rings. The average Bonchev–Trinajstić information content (AvgIpc) is 2.97. The van der Waals surface area contributed by atoms with Gasteiger partial charge in [-0.15, -0.1) is 0 Å². The van der Waals surface area contributed by atoms with Crippen LogP contribution in [-0.4, -0.2) is 23.4 Å². The number of benzene rings is 1. The largest absolute Gasteiger partial charge is 0.348 e. The van der Waals surface area contributed by atoms with Crippen LogP contribution >= 0.6 is 0 Å². The second kappa shape index (κ2) is 6.67. The molecule has 1 amide bonds. The first-order valence-electron chi connectivity index (χ1n) is 7.28. The molecule has 114 valence electrons. The maximum Gasteiger partial charge on any atom is 0.270 e. The summed E-state index contributed by atoms with van der Waals surface area (Å²) >= 11 is 0. The summed E-state index contributed by atoms with van der Waals surface area (Å²) in [5, 5.41) is 13.8. The molecule has 1 fully saturated rings. The van der Waals surface area contributed by atoms with Gasteiger partial charge in [-0.3, -0.25) is 14.9 Å². The average molecular weight is 291 g/mol. The standard InChI is InChI=1S/C15H21N3O3/c1-10-6-12(8-13(7-10)18(20)21)15(19)17-14(9-16)11-4-2-3-5-11/h6-8,11,14H,2-5,9,16H2,1H3,(H,17,19). The van der Waals surface area contributed by atoms with Crippen molar-refractivity contribution in [2.24, 2.45) is 11.7 Å². The molecule has 0 radical (unpaired) electrons. The molecule has 0 aliphatic heterocycles. The van der Waals surface area contributed by atoms with Gasteiger partial charge in [0.25, 0.3) is 11.6 Å². The zero-order chi connectivity index (χ0) is 15.4. The molecule has 1 unspecified atom stereocenters. The minimum atomic E-state index is -0.485. The first-order valence-corrected chi connectivity index (χ1v) is 7.28. The smallest absolute Gasteiger partial charge is 0.270 e. The van der Waals surface area contributed by atoms with Crippen LogP contribution in [0.3, 0.4) is 0 Å². The third-order valence-electron chi connectivity index (χ3n) is 4.07. The van der Waals surface area contributed by atoms with Crippen molar-refractivity contribution in [2.75, 3.05) is 6.54 Å². The number of nitrogens with one attached hydrogen (secondary N) is 1. The Kier molecular flexibility index (Phi) is 4.90. The van der Waals surface area contributed by atoms with E-state index in [1.54, 1.807) is 13.0 Å². The van der Waals surface area contributed by atoms with Gasteiger partial charge in [0.05, 0.1) is 4.92 Å². The fourth-order valence-corrected chi connectivity index (χ4v) is 2.98. The maximum atomic E-state index is 12.3. The van der Waals surface area contributed by atoms with Crippen molar-refractivity contribution in [3.8, 4) is 0 Å². The van der Waals surface area contributed by atoms with Crippen molar-refractivity contribution in [1.29, 1.82) is 0 Å². The second-order valence-corrected chi connectivity index (χ2v) is 5.67. The van der Waals surface area contributed by atoms with Gasteiger partial charge in [0.2, 0.25) is 0 Å². The normalized spacial score (nSPS) is 16.7. The van der Waals surface area contributed by atoms with Crippen LogP contribution in [-0.2, 0) is 0 Å². The van der Waals surface area contributed by atoms with Crippen LogP contribution in [0.15, 0.2) is 18.2 Å². The Morgan fingerprint density at radius 3 is 2.67 bits per heavy atom. The molecule has 0 heterocycles. The number of aryl methyl sites for hydroxylation is 1. The van der Waals surface area contributed by atoms with Gasteiger partial charge < -0.3 is 11.1 Å². The van der Waals surface area contributed by atoms with Crippen LogP contribution in [0.5, 0.6) is 0 Å². The van der Waals surface area contributed by atoms with E-state index >= 15 is 0 Å². The predicted molar refractivity (Wildman–Crippen MR) is 80.1 cm³/mol. The third kappa shape index (κ3) is 3.78. The second-order valence-electron chi connectivity index (χ2n) is 5.67. The molecular weight excluding hydrogens is 270 g/mol. The van der Waals surface area contributed by atoms with Crippen LogP contribution in [0.1, 0.15) is 41.6 Å². The zero-order valence-corrected chi connectivity index (χ0v) is 12.2. The van der Waals surface area contributed by atoms with E-state index in [1.165, 1.54) is 25.0 Å². The Morgan fingerprint density at radius 1 is 1.43 bits per heavy atom. The number of hydrogen-bond donors (Lipinski definition) is 2. The molecule has 1 aliphatic rings. The Labute approximate surface area is 123 Å². The Morgan fingerprint density at radius 2 is 2.10 bits per heavy atom. The summed E-state index contributed by atoms with van der Waals surface area (Å²) in [7, 11) is 0. The lowest BCUT2D eigenvalue weighted by Crippen LogP contribution is -2.44. The number of nitro groups is 1. The van der Waals surface area contributed by atoms with Crippen molar-refractivity contribution in [3.05, 3.63) is 39.4 Å². The highest BCUT2D eigenvalue weighted by atomic mass is 16.6. The SMILES string of the molecule is Cc1cc(C(=O)NC(CN)C2CCCC2)cc([N+](=O)[O-])c1. The molecular formula is C15H21N3O3. The monoisotopic (exact) mass is 291 g/mol. The molecule has 0 aromatic heterocycles. The third-order valence-corrected chi connectivity index (χ3v) is 4.07. The topological polar surface area (TPSA) is 98.3 Å². The van der Waals surface area contributed by atoms with Gasteiger partial charge in [0.15, 0.2) is 0 Å². The van der Waals surface area contributed by atoms with Gasteiger partial charge in [0.1, 0.15) is 0 Å². The molecule has 0 bridgehead atoms. The van der Waals surface area contributed by atoms with E-state index in [2.05, 4.69) is 5.32 Å². The lowest BCUT2D eigenvalue weighted by molar-refractivity contribution is -0.384. The van der Waals surface area contributed by atoms with E-state index in [-0.39, 0.29) is 17.6 Å². The van der Waals surface area contributed by atoms with Crippen LogP contribution < -0.4 is 11.1 Å². The lowest BCUT2D eigenvalue weighted by Gasteiger charge is -2.23. The molecule has 6 nitrogen and oxygen atoms in total. The number of rotatable bonds is 5. The first-order chi connectivity index (χ1) is 10.0. The molecule has 1 aliphatic carbocycles. The number of hydrogen-bond acceptors (Lipinski definition) is 4. The van der Waals surface area contributed by atoms with Crippen molar-refractivity contribution >= 4 is 11.6 Å². The van der Waals surface area contributed by atoms with Crippen LogP contribution in [0.2, 0.25) is 0 Å². The van der Waals surface area contributed by atoms with E-state index < -0.39 is 4.92 Å². The first kappa shape index (κ1) is 15.4. The van der Waals surface area contributed by atoms with Crippen molar-refractivity contribution in [3.63, 3.8) is 0 Å². The number of amides is 1. The fraction of sp³-hybridized carbons (Fsp3) is 0.533. The molecule has 21 heavy (non-hydrogen) atoms. The fourth-order valence-electron chi connectivity index (χ4n) is 2.98. The molecule has 1 saturated carbocycles. The maximum absolute atomic E-state index is 12.3. The number of non-ortho nitro benzene ring substituents is 1. The van der Waals surface area contributed by atoms with Gasteiger partial charge in [-0.05, 0) is 37.3 Å². The van der Waals surface area contributed by atoms with Gasteiger partial charge in [-0.1, -0.05) is 12.8 Å². The summed E-state index contributed by atoms with van der Waals surface area (Å²) in [5.41, 5.74) is 6.71. The Hall–Kier alpha value is -1.95. The van der Waals surface area contributed by atoms with E-state index in [0.717, 1.165) is 12.8 Å². The molecule has 1 aromatic carbocycles. The summed E-state index contributed by atoms with van der Waals surface area (Å²) in [6.45, 7) is 2.13. The minimum absolute atomic E-state index is 0.0560. The van der Waals surface area contributed by atoms with E-state index in [0.29, 0.717) is 23.6 Å². The quantitative estimate of drug-likeness (QED) is 0.641. The summed E-state index contributed by atoms with van der Waals surface area (Å²) < 4.78 is 0. The molecule has 6 heteroatoms. The Bertz CT molecular complexity index is 539.